The van der Waals surface area contributed by atoms with E-state index < -0.39 is 11.2 Å². The zero-order valence-corrected chi connectivity index (χ0v) is 21.1. The van der Waals surface area contributed by atoms with E-state index in [1.165, 1.54) is 4.57 Å². The van der Waals surface area contributed by atoms with Gasteiger partial charge in [-0.05, 0) is 49.2 Å². The van der Waals surface area contributed by atoms with E-state index in [1.54, 1.807) is 30.3 Å². The van der Waals surface area contributed by atoms with E-state index >= 15 is 0 Å². The molecule has 4 heterocycles. The predicted octanol–water partition coefficient (Wildman–Crippen LogP) is 6.41. The molecule has 0 amide bonds. The molecule has 0 saturated carbocycles. The lowest BCUT2D eigenvalue weighted by atomic mass is 9.78. The average molecular weight is 528 g/mol. The minimum Gasteiger partial charge on any atom is -0.494 e. The number of hydrogen-bond donors (Lipinski definition) is 2. The van der Waals surface area contributed by atoms with Crippen molar-refractivity contribution in [2.45, 2.75) is 37.4 Å². The molecule has 2 bridgehead atoms. The molecule has 2 aliphatic heterocycles. The van der Waals surface area contributed by atoms with Crippen molar-refractivity contribution in [2.24, 2.45) is 0 Å². The van der Waals surface area contributed by atoms with Crippen LogP contribution in [0.15, 0.2) is 59.1 Å². The smallest absolute Gasteiger partial charge is 0.262 e. The zero-order chi connectivity index (χ0) is 26.2. The first kappa shape index (κ1) is 23.0. The summed E-state index contributed by atoms with van der Waals surface area (Å²) in [4.78, 5) is 0. The van der Waals surface area contributed by atoms with Crippen LogP contribution in [0.3, 0.4) is 0 Å². The van der Waals surface area contributed by atoms with Crippen LogP contribution in [-0.2, 0) is 15.9 Å². The van der Waals surface area contributed by atoms with Gasteiger partial charge in [-0.1, -0.05) is 35.9 Å². The lowest BCUT2D eigenvalue weighted by Crippen LogP contribution is -2.25. The van der Waals surface area contributed by atoms with Gasteiger partial charge < -0.3 is 24.2 Å². The van der Waals surface area contributed by atoms with Crippen LogP contribution in [-0.4, -0.2) is 26.5 Å². The third-order valence-electron chi connectivity index (χ3n) is 7.94. The first-order valence-electron chi connectivity index (χ1n) is 12.3. The monoisotopic (exact) mass is 527 g/mol. The molecule has 190 valence electrons. The Hall–Kier alpha value is -4.19. The summed E-state index contributed by atoms with van der Waals surface area (Å²) in [5, 5.41) is 39.4. The van der Waals surface area contributed by atoms with Gasteiger partial charge in [-0.15, -0.1) is 0 Å². The molecule has 0 spiro atoms. The number of ether oxygens (including phenoxy) is 2. The first-order valence-corrected chi connectivity index (χ1v) is 12.7. The molecule has 9 heteroatoms. The van der Waals surface area contributed by atoms with Crippen molar-refractivity contribution in [2.75, 3.05) is 6.61 Å². The molecule has 38 heavy (non-hydrogen) atoms. The summed E-state index contributed by atoms with van der Waals surface area (Å²) in [6, 6.07) is 18.4. The Morgan fingerprint density at radius 3 is 2.66 bits per heavy atom. The number of halogens is 1. The van der Waals surface area contributed by atoms with Gasteiger partial charge in [-0.25, -0.2) is 0 Å². The van der Waals surface area contributed by atoms with Gasteiger partial charge in [0.05, 0.1) is 46.0 Å². The van der Waals surface area contributed by atoms with Crippen molar-refractivity contribution in [3.63, 3.8) is 0 Å². The second kappa shape index (κ2) is 7.90. The summed E-state index contributed by atoms with van der Waals surface area (Å²) in [5.74, 6) is 0.231. The van der Waals surface area contributed by atoms with E-state index in [2.05, 4.69) is 11.2 Å². The molecule has 5 aromatic rings. The fourth-order valence-corrected chi connectivity index (χ4v) is 6.38. The summed E-state index contributed by atoms with van der Waals surface area (Å²) < 4.78 is 19.3. The molecule has 7 rings (SSSR count). The topological polar surface area (TPSA) is 114 Å². The number of aromatic nitrogens is 2. The van der Waals surface area contributed by atoms with E-state index in [0.29, 0.717) is 58.1 Å². The Labute approximate surface area is 222 Å². The second-order valence-corrected chi connectivity index (χ2v) is 10.5. The molecular weight excluding hydrogens is 506 g/mol. The van der Waals surface area contributed by atoms with Crippen molar-refractivity contribution in [1.82, 2.24) is 9.72 Å². The molecule has 0 radical (unpaired) electrons. The third kappa shape index (κ3) is 3.03. The highest BCUT2D eigenvalue weighted by Gasteiger charge is 2.61. The summed E-state index contributed by atoms with van der Waals surface area (Å²) in [5.41, 5.74) is 1.24. The largest absolute Gasteiger partial charge is 0.494 e. The molecule has 1 fully saturated rings. The Morgan fingerprint density at radius 1 is 1.05 bits per heavy atom. The molecule has 3 aromatic carbocycles. The number of rotatable bonds is 5. The Morgan fingerprint density at radius 2 is 1.84 bits per heavy atom. The summed E-state index contributed by atoms with van der Waals surface area (Å²) in [6.45, 7) is 2.20. The molecule has 2 aliphatic rings. The van der Waals surface area contributed by atoms with Gasteiger partial charge >= 0.3 is 0 Å². The van der Waals surface area contributed by atoms with Crippen LogP contribution in [0.1, 0.15) is 42.9 Å². The SMILES string of the molecule is C[C@@]12CC[C@@](CCOc3noc4cc(Cl)ccc34)(O1)c1c2c(O)n(-c2ccc(C#N)c3ccccc23)c1O. The third-order valence-corrected chi connectivity index (χ3v) is 8.17. The summed E-state index contributed by atoms with van der Waals surface area (Å²) >= 11 is 6.04. The van der Waals surface area contributed by atoms with Crippen molar-refractivity contribution >= 4 is 33.3 Å². The van der Waals surface area contributed by atoms with Crippen LogP contribution in [0.25, 0.3) is 27.4 Å². The highest BCUT2D eigenvalue weighted by atomic mass is 35.5. The molecule has 2 aromatic heterocycles. The van der Waals surface area contributed by atoms with E-state index in [-0.39, 0.29) is 18.4 Å². The fourth-order valence-electron chi connectivity index (χ4n) is 6.22. The molecule has 0 unspecified atom stereocenters. The van der Waals surface area contributed by atoms with Gasteiger partial charge in [0.25, 0.3) is 5.88 Å². The summed E-state index contributed by atoms with van der Waals surface area (Å²) in [6.07, 6.45) is 1.79. The number of fused-ring (bicyclic) bond motifs is 7. The minimum absolute atomic E-state index is 0.0586. The first-order chi connectivity index (χ1) is 18.3. The van der Waals surface area contributed by atoms with E-state index in [1.807, 2.05) is 31.2 Å². The quantitative estimate of drug-likeness (QED) is 0.271. The Kier molecular flexibility index (Phi) is 4.78. The van der Waals surface area contributed by atoms with Gasteiger partial charge in [0.2, 0.25) is 11.8 Å². The Bertz CT molecular complexity index is 1820. The number of benzene rings is 3. The van der Waals surface area contributed by atoms with Crippen molar-refractivity contribution in [3.8, 4) is 29.4 Å². The number of nitriles is 1. The van der Waals surface area contributed by atoms with E-state index in [4.69, 9.17) is 25.6 Å². The molecule has 2 N–H and O–H groups in total. The van der Waals surface area contributed by atoms with Crippen LogP contribution >= 0.6 is 11.6 Å². The van der Waals surface area contributed by atoms with Gasteiger partial charge in [-0.3, -0.25) is 4.57 Å². The maximum absolute atomic E-state index is 11.6. The zero-order valence-electron chi connectivity index (χ0n) is 20.4. The maximum Gasteiger partial charge on any atom is 0.262 e. The van der Waals surface area contributed by atoms with Gasteiger partial charge in [0.15, 0.2) is 5.58 Å². The van der Waals surface area contributed by atoms with Crippen LogP contribution < -0.4 is 4.74 Å². The van der Waals surface area contributed by atoms with Crippen LogP contribution in [0, 0.1) is 11.3 Å². The molecule has 1 saturated heterocycles. The molecule has 8 nitrogen and oxygen atoms in total. The van der Waals surface area contributed by atoms with Gasteiger partial charge in [0.1, 0.15) is 5.60 Å². The molecular formula is C29H22ClN3O5. The van der Waals surface area contributed by atoms with Crippen molar-refractivity contribution < 1.29 is 24.2 Å². The van der Waals surface area contributed by atoms with E-state index in [0.717, 1.165) is 16.2 Å². The second-order valence-electron chi connectivity index (χ2n) is 10.1. The molecule has 2 atom stereocenters. The Balaban J connectivity index is 1.28. The number of hydrogen-bond acceptors (Lipinski definition) is 7. The summed E-state index contributed by atoms with van der Waals surface area (Å²) in [7, 11) is 0. The highest BCUT2D eigenvalue weighted by molar-refractivity contribution is 6.31. The lowest BCUT2D eigenvalue weighted by Gasteiger charge is -2.26. The highest BCUT2D eigenvalue weighted by Crippen LogP contribution is 2.65. The van der Waals surface area contributed by atoms with Crippen LogP contribution in [0.2, 0.25) is 5.02 Å². The van der Waals surface area contributed by atoms with Gasteiger partial charge in [-0.2, -0.15) is 5.26 Å². The van der Waals surface area contributed by atoms with Crippen LogP contribution in [0.4, 0.5) is 0 Å². The predicted molar refractivity (Wildman–Crippen MR) is 140 cm³/mol. The maximum atomic E-state index is 11.6. The van der Waals surface area contributed by atoms with Gasteiger partial charge in [0, 0.05) is 28.3 Å². The fraction of sp³-hybridized carbons (Fsp3) is 0.241. The van der Waals surface area contributed by atoms with Crippen LogP contribution in [0.5, 0.6) is 17.6 Å². The minimum atomic E-state index is -0.831. The normalized spacial score (nSPS) is 21.7. The molecule has 0 aliphatic carbocycles. The number of aromatic hydroxyl groups is 2. The average Bonchev–Trinajstić information content (AvgIpc) is 3.62. The standard InChI is InChI=1S/C29H22ClN3O5/c1-28-10-11-29(38-28,12-13-36-25-20-8-7-17(30)14-22(20)37-32-25)24-23(28)26(34)33(27(24)35)21-9-6-16(15-31)18-4-2-3-5-19(18)21/h2-9,14,34-35H,10-13H2,1H3/t28-,29-/m0/s1. The van der Waals surface area contributed by atoms with E-state index in [9.17, 15) is 15.5 Å². The van der Waals surface area contributed by atoms with Crippen molar-refractivity contribution in [3.05, 3.63) is 76.3 Å². The van der Waals surface area contributed by atoms with Crippen molar-refractivity contribution in [1.29, 1.82) is 5.26 Å². The number of nitrogens with zero attached hydrogens (tertiary/aromatic N) is 3. The lowest BCUT2D eigenvalue weighted by molar-refractivity contribution is -0.0877.